The van der Waals surface area contributed by atoms with Crippen molar-refractivity contribution in [2.75, 3.05) is 6.61 Å². The zero-order valence-electron chi connectivity index (χ0n) is 25.7. The van der Waals surface area contributed by atoms with Gasteiger partial charge in [-0.1, -0.05) is 81.0 Å². The summed E-state index contributed by atoms with van der Waals surface area (Å²) >= 11 is 1.27. The molecule has 9 nitrogen and oxygen atoms in total. The Kier molecular flexibility index (Phi) is 9.73. The van der Waals surface area contributed by atoms with Gasteiger partial charge >= 0.3 is 5.97 Å². The average Bonchev–Trinajstić information content (AvgIpc) is 3.34. The van der Waals surface area contributed by atoms with Crippen molar-refractivity contribution in [2.24, 2.45) is 4.99 Å². The number of carbonyl (C=O) groups excluding carboxylic acids is 1. The second-order valence-corrected chi connectivity index (χ2v) is 12.0. The third kappa shape index (κ3) is 6.81. The summed E-state index contributed by atoms with van der Waals surface area (Å²) in [4.78, 5) is 43.5. The number of non-ortho nitro benzene ring substituents is 1. The highest BCUT2D eigenvalue weighted by Crippen LogP contribution is 2.33. The Hall–Kier alpha value is -4.83. The van der Waals surface area contributed by atoms with Crippen LogP contribution in [0.4, 0.5) is 5.69 Å². The summed E-state index contributed by atoms with van der Waals surface area (Å²) in [5.41, 5.74) is 4.21. The molecule has 0 saturated heterocycles. The lowest BCUT2D eigenvalue weighted by molar-refractivity contribution is -0.384. The highest BCUT2D eigenvalue weighted by atomic mass is 32.1. The summed E-state index contributed by atoms with van der Waals surface area (Å²) in [6.07, 6.45) is 3.12. The van der Waals surface area contributed by atoms with Crippen molar-refractivity contribution in [2.45, 2.75) is 59.1 Å². The van der Waals surface area contributed by atoms with Crippen LogP contribution in [0.2, 0.25) is 0 Å². The summed E-state index contributed by atoms with van der Waals surface area (Å²) < 4.78 is 13.6. The van der Waals surface area contributed by atoms with Gasteiger partial charge in [-0.3, -0.25) is 19.5 Å². The van der Waals surface area contributed by atoms with Gasteiger partial charge in [0.2, 0.25) is 0 Å². The number of esters is 1. The van der Waals surface area contributed by atoms with Gasteiger partial charge in [0.15, 0.2) is 4.80 Å². The van der Waals surface area contributed by atoms with E-state index in [-0.39, 0.29) is 24.5 Å². The van der Waals surface area contributed by atoms with Gasteiger partial charge in [0, 0.05) is 17.7 Å². The summed E-state index contributed by atoms with van der Waals surface area (Å²) in [5.74, 6) is 0.419. The fraction of sp³-hybridized carbons (Fsp3) is 0.286. The highest BCUT2D eigenvalue weighted by Gasteiger charge is 2.34. The Morgan fingerprint density at radius 2 is 1.78 bits per heavy atom. The molecular weight excluding hydrogens is 590 g/mol. The van der Waals surface area contributed by atoms with Crippen LogP contribution in [-0.4, -0.2) is 22.1 Å². The van der Waals surface area contributed by atoms with Gasteiger partial charge < -0.3 is 9.47 Å². The van der Waals surface area contributed by atoms with Crippen LogP contribution in [0.3, 0.4) is 0 Å². The molecule has 1 aromatic heterocycles. The van der Waals surface area contributed by atoms with Gasteiger partial charge in [0.05, 0.1) is 33.4 Å². The van der Waals surface area contributed by atoms with E-state index in [4.69, 9.17) is 14.5 Å². The summed E-state index contributed by atoms with van der Waals surface area (Å²) in [7, 11) is 0. The van der Waals surface area contributed by atoms with E-state index >= 15 is 0 Å². The quantitative estimate of drug-likeness (QED) is 0.112. The van der Waals surface area contributed by atoms with E-state index in [1.54, 1.807) is 29.7 Å². The number of aromatic nitrogens is 1. The Bertz CT molecular complexity index is 1920. The van der Waals surface area contributed by atoms with Gasteiger partial charge in [-0.05, 0) is 60.2 Å². The van der Waals surface area contributed by atoms with E-state index < -0.39 is 16.9 Å². The minimum Gasteiger partial charge on any atom is -0.488 e. The smallest absolute Gasteiger partial charge is 0.338 e. The number of hydrogen-bond donors (Lipinski definition) is 0. The zero-order valence-corrected chi connectivity index (χ0v) is 26.5. The van der Waals surface area contributed by atoms with Gasteiger partial charge in [0.25, 0.3) is 11.2 Å². The fourth-order valence-corrected chi connectivity index (χ4v) is 6.26. The molecule has 4 aromatic rings. The number of fused-ring (bicyclic) bond motifs is 1. The lowest BCUT2D eigenvalue weighted by Crippen LogP contribution is -2.40. The van der Waals surface area contributed by atoms with Gasteiger partial charge in [-0.2, -0.15) is 0 Å². The molecule has 1 aliphatic heterocycles. The normalized spacial score (nSPS) is 14.7. The lowest BCUT2D eigenvalue weighted by Gasteiger charge is -2.26. The topological polar surface area (TPSA) is 113 Å². The number of hydrogen-bond acceptors (Lipinski definition) is 8. The largest absolute Gasteiger partial charge is 0.488 e. The molecule has 2 heterocycles. The first-order valence-corrected chi connectivity index (χ1v) is 15.8. The molecule has 45 heavy (non-hydrogen) atoms. The molecule has 0 radical (unpaired) electrons. The maximum Gasteiger partial charge on any atom is 0.338 e. The molecule has 232 valence electrons. The number of nitro groups is 1. The van der Waals surface area contributed by atoms with Crippen molar-refractivity contribution in [3.63, 3.8) is 0 Å². The molecular formula is C35H35N3O6S. The Morgan fingerprint density at radius 3 is 2.42 bits per heavy atom. The molecule has 0 unspecified atom stereocenters. The number of rotatable bonds is 11. The predicted molar refractivity (Wildman–Crippen MR) is 174 cm³/mol. The number of benzene rings is 3. The standard InChI is InChI=1S/C35H35N3O6S/c1-5-9-28-31(34(40)43-6-2)32(25-16-14-24(15-17-25)22(3)4)37-33(39)30(45-35(37)36-28)20-26-10-7-8-11-29(26)44-21-23-12-18-27(19-13-23)38(41)42/h7-8,10-20,22,32H,5-6,9,21H2,1-4H3/b30-20+/t32-/m0/s1. The van der Waals surface area contributed by atoms with Crippen LogP contribution in [0, 0.1) is 10.1 Å². The number of nitrogens with zero attached hydrogens (tertiary/aromatic N) is 3. The average molecular weight is 626 g/mol. The first-order valence-electron chi connectivity index (χ1n) is 15.0. The molecule has 0 fully saturated rings. The van der Waals surface area contributed by atoms with E-state index in [0.717, 1.165) is 23.1 Å². The molecule has 1 atom stereocenters. The van der Waals surface area contributed by atoms with E-state index in [0.29, 0.717) is 44.3 Å². The zero-order chi connectivity index (χ0) is 32.1. The van der Waals surface area contributed by atoms with Crippen LogP contribution in [0.25, 0.3) is 6.08 Å². The Morgan fingerprint density at radius 1 is 1.07 bits per heavy atom. The van der Waals surface area contributed by atoms with E-state index in [1.807, 2.05) is 55.5 Å². The fourth-order valence-electron chi connectivity index (χ4n) is 5.25. The van der Waals surface area contributed by atoms with Crippen molar-refractivity contribution in [1.82, 2.24) is 4.57 Å². The number of allylic oxidation sites excluding steroid dienone is 1. The highest BCUT2D eigenvalue weighted by molar-refractivity contribution is 7.07. The van der Waals surface area contributed by atoms with Gasteiger partial charge in [-0.15, -0.1) is 0 Å². The number of thiazole rings is 1. The Labute approximate surface area is 264 Å². The SMILES string of the molecule is CCCC1=C(C(=O)OCC)[C@H](c2ccc(C(C)C)cc2)n2c(s/c(=C/c3ccccc3OCc3ccc([N+](=O)[O-])cc3)c2=O)=N1. The van der Waals surface area contributed by atoms with Crippen LogP contribution in [-0.2, 0) is 16.1 Å². The van der Waals surface area contributed by atoms with E-state index in [9.17, 15) is 19.7 Å². The summed E-state index contributed by atoms with van der Waals surface area (Å²) in [5, 5.41) is 11.0. The maximum absolute atomic E-state index is 14.2. The van der Waals surface area contributed by atoms with Gasteiger partial charge in [0.1, 0.15) is 12.4 Å². The molecule has 0 bridgehead atoms. The van der Waals surface area contributed by atoms with Crippen molar-refractivity contribution in [3.05, 3.63) is 136 Å². The molecule has 3 aromatic carbocycles. The number of carbonyl (C=O) groups is 1. The lowest BCUT2D eigenvalue weighted by atomic mass is 9.92. The van der Waals surface area contributed by atoms with Crippen LogP contribution >= 0.6 is 11.3 Å². The third-order valence-corrected chi connectivity index (χ3v) is 8.54. The molecule has 0 spiro atoms. The third-order valence-electron chi connectivity index (χ3n) is 7.56. The van der Waals surface area contributed by atoms with Crippen LogP contribution in [0.1, 0.15) is 74.8 Å². The summed E-state index contributed by atoms with van der Waals surface area (Å²) in [6, 6.07) is 20.9. The van der Waals surface area contributed by atoms with Crippen molar-refractivity contribution in [1.29, 1.82) is 0 Å². The minimum absolute atomic E-state index is 0.0110. The Balaban J connectivity index is 1.59. The van der Waals surface area contributed by atoms with Crippen LogP contribution in [0.15, 0.2) is 93.9 Å². The molecule has 0 aliphatic carbocycles. The molecule has 5 rings (SSSR count). The number of para-hydroxylation sites is 1. The molecule has 0 amide bonds. The monoisotopic (exact) mass is 625 g/mol. The molecule has 10 heteroatoms. The number of ether oxygens (including phenoxy) is 2. The number of nitro benzene ring substituents is 1. The molecule has 0 N–H and O–H groups in total. The minimum atomic E-state index is -0.682. The van der Waals surface area contributed by atoms with Gasteiger partial charge in [-0.25, -0.2) is 9.79 Å². The van der Waals surface area contributed by atoms with Crippen LogP contribution < -0.4 is 19.6 Å². The summed E-state index contributed by atoms with van der Waals surface area (Å²) in [6.45, 7) is 8.44. The van der Waals surface area contributed by atoms with Crippen LogP contribution in [0.5, 0.6) is 5.75 Å². The second kappa shape index (κ2) is 13.9. The first-order chi connectivity index (χ1) is 21.7. The predicted octanol–water partition coefficient (Wildman–Crippen LogP) is 6.19. The van der Waals surface area contributed by atoms with E-state index in [1.165, 1.54) is 23.5 Å². The maximum atomic E-state index is 14.2. The van der Waals surface area contributed by atoms with E-state index in [2.05, 4.69) is 13.8 Å². The second-order valence-electron chi connectivity index (χ2n) is 11.0. The van der Waals surface area contributed by atoms with Crippen molar-refractivity contribution >= 4 is 29.1 Å². The molecule has 1 aliphatic rings. The molecule has 0 saturated carbocycles. The van der Waals surface area contributed by atoms with Crippen molar-refractivity contribution < 1.29 is 19.2 Å². The first kappa shape index (κ1) is 31.6. The van der Waals surface area contributed by atoms with Crippen molar-refractivity contribution in [3.8, 4) is 5.75 Å².